The number of nitro groups is 1. The van der Waals surface area contributed by atoms with Crippen LogP contribution in [0, 0.1) is 22.0 Å². The van der Waals surface area contributed by atoms with Gasteiger partial charge in [0.2, 0.25) is 5.82 Å². The van der Waals surface area contributed by atoms with Gasteiger partial charge >= 0.3 is 5.69 Å². The molecule has 0 spiro atoms. The second-order valence-corrected chi connectivity index (χ2v) is 5.03. The molecule has 1 aliphatic carbocycles. The van der Waals surface area contributed by atoms with Crippen LogP contribution < -0.4 is 5.32 Å². The summed E-state index contributed by atoms with van der Waals surface area (Å²) < 4.78 is 0. The van der Waals surface area contributed by atoms with Gasteiger partial charge in [-0.25, -0.2) is 4.98 Å². The maximum atomic E-state index is 10.9. The molecule has 5 nitrogen and oxygen atoms in total. The van der Waals surface area contributed by atoms with Crippen molar-refractivity contribution < 1.29 is 4.92 Å². The lowest BCUT2D eigenvalue weighted by molar-refractivity contribution is -0.384. The van der Waals surface area contributed by atoms with Gasteiger partial charge in [0.15, 0.2) is 0 Å². The standard InChI is InChI=1S/C13H19N3O2/c1-10-5-2-3-6-11(10)9-15-13-12(16(17)18)7-4-8-14-13/h4,7-8,10-11H,2-3,5-6,9H2,1H3,(H,14,15). The summed E-state index contributed by atoms with van der Waals surface area (Å²) in [5, 5.41) is 14.0. The third-order valence-corrected chi connectivity index (χ3v) is 3.80. The molecular weight excluding hydrogens is 230 g/mol. The average Bonchev–Trinajstić information content (AvgIpc) is 2.38. The molecule has 1 N–H and O–H groups in total. The van der Waals surface area contributed by atoms with E-state index >= 15 is 0 Å². The fourth-order valence-corrected chi connectivity index (χ4v) is 2.60. The topological polar surface area (TPSA) is 68.1 Å². The number of hydrogen-bond acceptors (Lipinski definition) is 4. The van der Waals surface area contributed by atoms with Crippen molar-refractivity contribution in [2.45, 2.75) is 32.6 Å². The van der Waals surface area contributed by atoms with Crippen molar-refractivity contribution in [3.63, 3.8) is 0 Å². The first-order valence-electron chi connectivity index (χ1n) is 6.51. The van der Waals surface area contributed by atoms with Gasteiger partial charge in [0.1, 0.15) is 0 Å². The Morgan fingerprint density at radius 2 is 2.28 bits per heavy atom. The van der Waals surface area contributed by atoms with Crippen LogP contribution in [0.4, 0.5) is 11.5 Å². The van der Waals surface area contributed by atoms with Crippen LogP contribution in [0.15, 0.2) is 18.3 Å². The third-order valence-electron chi connectivity index (χ3n) is 3.80. The van der Waals surface area contributed by atoms with Crippen molar-refractivity contribution in [1.82, 2.24) is 4.98 Å². The molecule has 1 aromatic rings. The van der Waals surface area contributed by atoms with Gasteiger partial charge < -0.3 is 5.32 Å². The van der Waals surface area contributed by atoms with E-state index in [0.717, 1.165) is 6.54 Å². The van der Waals surface area contributed by atoms with Gasteiger partial charge in [-0.2, -0.15) is 0 Å². The molecule has 2 rings (SSSR count). The van der Waals surface area contributed by atoms with E-state index in [4.69, 9.17) is 0 Å². The van der Waals surface area contributed by atoms with Crippen LogP contribution in [0.2, 0.25) is 0 Å². The number of hydrogen-bond donors (Lipinski definition) is 1. The molecule has 0 bridgehead atoms. The molecule has 1 aromatic heterocycles. The van der Waals surface area contributed by atoms with Gasteiger partial charge in [-0.05, 0) is 24.3 Å². The van der Waals surface area contributed by atoms with E-state index in [2.05, 4.69) is 17.2 Å². The molecule has 98 valence electrons. The smallest absolute Gasteiger partial charge is 0.311 e. The van der Waals surface area contributed by atoms with E-state index in [9.17, 15) is 10.1 Å². The molecule has 5 heteroatoms. The maximum absolute atomic E-state index is 10.9. The zero-order valence-electron chi connectivity index (χ0n) is 10.6. The summed E-state index contributed by atoms with van der Waals surface area (Å²) in [4.78, 5) is 14.5. The Balaban J connectivity index is 1.99. The first-order chi connectivity index (χ1) is 8.68. The highest BCUT2D eigenvalue weighted by Gasteiger charge is 2.22. The number of aromatic nitrogens is 1. The highest BCUT2D eigenvalue weighted by molar-refractivity contribution is 5.55. The minimum atomic E-state index is -0.389. The molecule has 18 heavy (non-hydrogen) atoms. The quantitative estimate of drug-likeness (QED) is 0.657. The monoisotopic (exact) mass is 249 g/mol. The van der Waals surface area contributed by atoms with Gasteiger partial charge in [-0.15, -0.1) is 0 Å². The molecule has 2 unspecified atom stereocenters. The third kappa shape index (κ3) is 2.97. The number of pyridine rings is 1. The van der Waals surface area contributed by atoms with Crippen LogP contribution in [0.3, 0.4) is 0 Å². The van der Waals surface area contributed by atoms with Gasteiger partial charge in [0, 0.05) is 18.8 Å². The summed E-state index contributed by atoms with van der Waals surface area (Å²) in [6, 6.07) is 3.08. The molecule has 0 saturated heterocycles. The van der Waals surface area contributed by atoms with E-state index in [1.807, 2.05) is 0 Å². The Hall–Kier alpha value is -1.65. The Bertz CT molecular complexity index is 422. The van der Waals surface area contributed by atoms with Gasteiger partial charge in [-0.3, -0.25) is 10.1 Å². The molecule has 1 fully saturated rings. The predicted octanol–water partition coefficient (Wildman–Crippen LogP) is 3.23. The Labute approximate surface area is 107 Å². The summed E-state index contributed by atoms with van der Waals surface area (Å²) in [7, 11) is 0. The largest absolute Gasteiger partial charge is 0.364 e. The number of rotatable bonds is 4. The number of nitrogens with one attached hydrogen (secondary N) is 1. The first kappa shape index (κ1) is 12.8. The van der Waals surface area contributed by atoms with Gasteiger partial charge in [0.25, 0.3) is 0 Å². The summed E-state index contributed by atoms with van der Waals surface area (Å²) in [5.41, 5.74) is 0.0564. The van der Waals surface area contributed by atoms with Crippen molar-refractivity contribution in [2.24, 2.45) is 11.8 Å². The van der Waals surface area contributed by atoms with Crippen LogP contribution in [-0.4, -0.2) is 16.5 Å². The maximum Gasteiger partial charge on any atom is 0.311 e. The summed E-state index contributed by atoms with van der Waals surface area (Å²) in [6.07, 6.45) is 6.62. The molecule has 0 radical (unpaired) electrons. The molecule has 1 saturated carbocycles. The van der Waals surface area contributed by atoms with Gasteiger partial charge in [0.05, 0.1) is 4.92 Å². The predicted molar refractivity (Wildman–Crippen MR) is 70.5 cm³/mol. The Morgan fingerprint density at radius 3 is 3.00 bits per heavy atom. The van der Waals surface area contributed by atoms with E-state index in [0.29, 0.717) is 17.7 Å². The van der Waals surface area contributed by atoms with Crippen molar-refractivity contribution in [2.75, 3.05) is 11.9 Å². The van der Waals surface area contributed by atoms with Crippen LogP contribution >= 0.6 is 0 Å². The minimum absolute atomic E-state index is 0.0564. The summed E-state index contributed by atoms with van der Waals surface area (Å²) in [6.45, 7) is 3.04. The summed E-state index contributed by atoms with van der Waals surface area (Å²) >= 11 is 0. The lowest BCUT2D eigenvalue weighted by Crippen LogP contribution is -2.24. The lowest BCUT2D eigenvalue weighted by atomic mass is 9.80. The van der Waals surface area contributed by atoms with Crippen LogP contribution in [0.25, 0.3) is 0 Å². The van der Waals surface area contributed by atoms with Crippen molar-refractivity contribution >= 4 is 11.5 Å². The van der Waals surface area contributed by atoms with E-state index in [1.165, 1.54) is 31.7 Å². The fraction of sp³-hybridized carbons (Fsp3) is 0.615. The highest BCUT2D eigenvalue weighted by atomic mass is 16.6. The molecule has 0 amide bonds. The van der Waals surface area contributed by atoms with Crippen molar-refractivity contribution in [1.29, 1.82) is 0 Å². The van der Waals surface area contributed by atoms with Crippen molar-refractivity contribution in [3.05, 3.63) is 28.4 Å². The molecule has 1 heterocycles. The second-order valence-electron chi connectivity index (χ2n) is 5.03. The molecule has 0 aliphatic heterocycles. The highest BCUT2D eigenvalue weighted by Crippen LogP contribution is 2.30. The molecule has 2 atom stereocenters. The lowest BCUT2D eigenvalue weighted by Gasteiger charge is -2.28. The Kier molecular flexibility index (Phi) is 4.12. The van der Waals surface area contributed by atoms with Crippen molar-refractivity contribution in [3.8, 4) is 0 Å². The Morgan fingerprint density at radius 1 is 1.50 bits per heavy atom. The van der Waals surface area contributed by atoms with Gasteiger partial charge in [-0.1, -0.05) is 26.2 Å². The SMILES string of the molecule is CC1CCCCC1CNc1ncccc1[N+](=O)[O-]. The normalized spacial score (nSPS) is 23.6. The second kappa shape index (κ2) is 5.80. The molecule has 1 aliphatic rings. The number of anilines is 1. The molecular formula is C13H19N3O2. The fourth-order valence-electron chi connectivity index (χ4n) is 2.60. The summed E-state index contributed by atoms with van der Waals surface area (Å²) in [5.74, 6) is 1.68. The van der Waals surface area contributed by atoms with E-state index < -0.39 is 0 Å². The van der Waals surface area contributed by atoms with E-state index in [1.54, 1.807) is 12.3 Å². The first-order valence-corrected chi connectivity index (χ1v) is 6.51. The average molecular weight is 249 g/mol. The molecule has 0 aromatic carbocycles. The van der Waals surface area contributed by atoms with Crippen LogP contribution in [-0.2, 0) is 0 Å². The zero-order chi connectivity index (χ0) is 13.0. The zero-order valence-corrected chi connectivity index (χ0v) is 10.6. The van der Waals surface area contributed by atoms with Crippen LogP contribution in [0.5, 0.6) is 0 Å². The minimum Gasteiger partial charge on any atom is -0.364 e. The number of nitrogens with zero attached hydrogens (tertiary/aromatic N) is 2. The van der Waals surface area contributed by atoms with Crippen LogP contribution in [0.1, 0.15) is 32.6 Å². The van der Waals surface area contributed by atoms with E-state index in [-0.39, 0.29) is 10.6 Å².